The van der Waals surface area contributed by atoms with Crippen molar-refractivity contribution >= 4 is 65.2 Å². The van der Waals surface area contributed by atoms with Crippen LogP contribution in [-0.4, -0.2) is 259 Å². The van der Waals surface area contributed by atoms with Crippen molar-refractivity contribution in [1.29, 1.82) is 0 Å². The monoisotopic (exact) mass is 1250 g/mol. The van der Waals surface area contributed by atoms with Crippen LogP contribution in [-0.2, 0) is 57.4 Å². The molecule has 0 aliphatic carbocycles. The summed E-state index contributed by atoms with van der Waals surface area (Å²) in [7, 11) is 11.3. The number of aliphatic hydroxyl groups is 2. The number of carbonyl (C=O) groups is 11. The lowest BCUT2D eigenvalue weighted by Gasteiger charge is -2.40. The molecule has 0 bridgehead atoms. The van der Waals surface area contributed by atoms with Gasteiger partial charge < -0.3 is 70.4 Å². The number of ether oxygens (including phenoxy) is 2. The van der Waals surface area contributed by atoms with E-state index in [9.17, 15) is 58.2 Å². The Morgan fingerprint density at radius 3 is 1.38 bits per heavy atom. The summed E-state index contributed by atoms with van der Waals surface area (Å²) in [6.45, 7) is 26.5. The summed E-state index contributed by atoms with van der Waals surface area (Å²) in [5.41, 5.74) is 0. The summed E-state index contributed by atoms with van der Waals surface area (Å²) in [5, 5.41) is 34.3. The van der Waals surface area contributed by atoms with E-state index in [4.69, 9.17) is 9.47 Å². The van der Waals surface area contributed by atoms with E-state index in [2.05, 4.69) is 21.3 Å². The van der Waals surface area contributed by atoms with Gasteiger partial charge in [-0.05, 0) is 107 Å². The summed E-state index contributed by atoms with van der Waals surface area (Å²) < 4.78 is 10.5. The second kappa shape index (κ2) is 37.2. The smallest absolute Gasteiger partial charge is 0.391 e. The van der Waals surface area contributed by atoms with Gasteiger partial charge in [0.05, 0.1) is 25.4 Å². The first-order valence-electron chi connectivity index (χ1n) is 31.2. The highest BCUT2D eigenvalue weighted by Crippen LogP contribution is 2.24. The van der Waals surface area contributed by atoms with E-state index in [0.717, 1.165) is 24.5 Å². The Hall–Kier alpha value is -5.99. The lowest BCUT2D eigenvalue weighted by Crippen LogP contribution is -2.64. The van der Waals surface area contributed by atoms with Gasteiger partial charge in [-0.15, -0.1) is 0 Å². The molecule has 0 aromatic heterocycles. The van der Waals surface area contributed by atoms with Crippen molar-refractivity contribution in [2.75, 3.05) is 82.7 Å². The minimum absolute atomic E-state index is 0.0302. The van der Waals surface area contributed by atoms with Crippen molar-refractivity contribution in [2.24, 2.45) is 41.4 Å². The molecule has 1 rings (SSSR count). The molecule has 0 radical (unpaired) electrons. The molecule has 26 heteroatoms. The highest BCUT2D eigenvalue weighted by atomic mass is 16.6. The molecule has 1 aliphatic rings. The Kier molecular flexibility index (Phi) is 33.9. The van der Waals surface area contributed by atoms with Crippen molar-refractivity contribution in [3.05, 3.63) is 0 Å². The normalized spacial score (nSPS) is 25.6. The van der Waals surface area contributed by atoms with Crippen LogP contribution in [0.5, 0.6) is 0 Å². The number of likely N-dealkylation sites (N-methyl/N-ethyl adjacent to an activating group) is 7. The number of cyclic esters (lactones) is 2. The molecule has 1 heterocycles. The van der Waals surface area contributed by atoms with Crippen LogP contribution in [0.4, 0.5) is 4.79 Å². The summed E-state index contributed by atoms with van der Waals surface area (Å²) in [6.07, 6.45) is -3.78. The van der Waals surface area contributed by atoms with Crippen LogP contribution in [0.3, 0.4) is 0 Å². The summed E-state index contributed by atoms with van der Waals surface area (Å²) in [5.74, 6) is -10.7. The number of amides is 10. The zero-order chi connectivity index (χ0) is 68.1. The predicted molar refractivity (Wildman–Crippen MR) is 333 cm³/mol. The molecule has 10 amide bonds. The Morgan fingerprint density at radius 1 is 0.523 bits per heavy atom. The number of nitrogens with zero attached hydrogens (tertiary/aromatic N) is 7. The minimum Gasteiger partial charge on any atom is -0.391 e. The van der Waals surface area contributed by atoms with Crippen LogP contribution in [0.1, 0.15) is 142 Å². The van der Waals surface area contributed by atoms with Crippen molar-refractivity contribution in [3.63, 3.8) is 0 Å². The van der Waals surface area contributed by atoms with Gasteiger partial charge >= 0.3 is 12.1 Å². The second-order valence-electron chi connectivity index (χ2n) is 26.8. The van der Waals surface area contributed by atoms with Gasteiger partial charge in [0.25, 0.3) is 0 Å². The first-order chi connectivity index (χ1) is 40.6. The van der Waals surface area contributed by atoms with Gasteiger partial charge in [-0.1, -0.05) is 90.0 Å². The number of hydrogen-bond acceptors (Lipinski definition) is 16. The Morgan fingerprint density at radius 2 is 0.943 bits per heavy atom. The Labute approximate surface area is 524 Å². The molecule has 26 nitrogen and oxygen atoms in total. The first kappa shape index (κ1) is 80.0. The van der Waals surface area contributed by atoms with Crippen LogP contribution in [0.2, 0.25) is 0 Å². The molecule has 12 atom stereocenters. The minimum atomic E-state index is -1.76. The maximum absolute atomic E-state index is 15.2. The van der Waals surface area contributed by atoms with Gasteiger partial charge in [0, 0.05) is 55.9 Å². The highest BCUT2D eigenvalue weighted by molar-refractivity contribution is 5.99. The molecule has 0 spiro atoms. The third kappa shape index (κ3) is 24.4. The Balaban J connectivity index is 4.35. The van der Waals surface area contributed by atoms with E-state index in [1.165, 1.54) is 61.0 Å². The maximum atomic E-state index is 15.2. The lowest BCUT2D eigenvalue weighted by atomic mass is 9.91. The second-order valence-corrected chi connectivity index (χ2v) is 26.8. The van der Waals surface area contributed by atoms with Gasteiger partial charge in [0.1, 0.15) is 54.4 Å². The van der Waals surface area contributed by atoms with Gasteiger partial charge in [-0.2, -0.15) is 0 Å². The number of carbonyl (C=O) groups excluding carboxylic acids is 11. The van der Waals surface area contributed by atoms with E-state index in [0.29, 0.717) is 26.1 Å². The molecule has 0 aromatic rings. The van der Waals surface area contributed by atoms with E-state index >= 15 is 4.79 Å². The van der Waals surface area contributed by atoms with Crippen molar-refractivity contribution in [1.82, 2.24) is 55.6 Å². The largest absolute Gasteiger partial charge is 0.417 e. The fraction of sp³-hybridized carbons (Fsp3) is 0.823. The molecule has 1 saturated heterocycles. The third-order valence-corrected chi connectivity index (χ3v) is 16.0. The van der Waals surface area contributed by atoms with Gasteiger partial charge in [0.15, 0.2) is 0 Å². The molecule has 88 heavy (non-hydrogen) atoms. The molecular formula is C62H113N11O15. The van der Waals surface area contributed by atoms with E-state index < -0.39 is 150 Å². The molecule has 6 N–H and O–H groups in total. The van der Waals surface area contributed by atoms with Crippen LogP contribution in [0.25, 0.3) is 0 Å². The summed E-state index contributed by atoms with van der Waals surface area (Å²) >= 11 is 0. The molecular weight excluding hydrogens is 1140 g/mol. The van der Waals surface area contributed by atoms with Crippen molar-refractivity contribution in [3.8, 4) is 0 Å². The average molecular weight is 1250 g/mol. The van der Waals surface area contributed by atoms with Crippen molar-refractivity contribution in [2.45, 2.75) is 209 Å². The highest BCUT2D eigenvalue weighted by Gasteiger charge is 2.45. The van der Waals surface area contributed by atoms with Crippen LogP contribution in [0.15, 0.2) is 0 Å². The fourth-order valence-electron chi connectivity index (χ4n) is 10.6. The van der Waals surface area contributed by atoms with Crippen LogP contribution >= 0.6 is 0 Å². The molecule has 3 unspecified atom stereocenters. The van der Waals surface area contributed by atoms with Gasteiger partial charge in [-0.25, -0.2) is 9.59 Å². The number of rotatable bonds is 20. The standard InChI is InChI=1S/C62H113N11O15/c1-34(2)28-43-57(81)70(19)46(31-37(7)8)53(77)63-41(14)61(85)88-62(86)71(20)47(32-38(9)10)55(79)65-44(29-35(3)4)58(82)72(21)50(39(11)12)60(84)73(22)51(52(76)40(13)24-25-67(16)26-27-87-23)56(80)66-49(42(15)74)59(83)68(17)33-48(75)69(18)45(30-36(5)6)54(78)64-43/h34-47,49-52,74,76H,24-33H2,1-23H3,(H,63,77)(H,64,78)(H,65,79)(H,66,80)/t40-,41-,42-,43-,44-,45+,46-,47-,49?,50?,51?,52-/m1/s1. The third-order valence-electron chi connectivity index (χ3n) is 16.0. The number of aliphatic hydroxyl groups excluding tert-OH is 2. The SMILES string of the molecule is COCCN(C)CC[C@@H](C)[C@@H](O)C1C(=O)NC([C@@H](C)O)C(=O)N(C)CC(=O)N(C)[C@@H](CC(C)C)C(=O)N[C@H](CC(C)C)C(=O)N(C)[C@H](CC(C)C)C(=O)N[C@H](C)C(=O)OC(=O)N(C)[C@H](CC(C)C)C(=O)N[C@H](CC(C)C)C(=O)N(C)C(C(C)C)C(=O)N1C. The average Bonchev–Trinajstić information content (AvgIpc) is 1.60. The molecule has 506 valence electrons. The van der Waals surface area contributed by atoms with E-state index in [-0.39, 0.29) is 61.7 Å². The first-order valence-corrected chi connectivity index (χ1v) is 31.2. The quantitative estimate of drug-likeness (QED) is 0.0749. The lowest BCUT2D eigenvalue weighted by molar-refractivity contribution is -0.155. The number of esters is 1. The van der Waals surface area contributed by atoms with E-state index in [1.807, 2.05) is 67.3 Å². The van der Waals surface area contributed by atoms with Gasteiger partial charge in [-0.3, -0.25) is 48.1 Å². The fourth-order valence-corrected chi connectivity index (χ4v) is 10.6. The molecule has 0 aromatic carbocycles. The van der Waals surface area contributed by atoms with Crippen LogP contribution in [0, 0.1) is 41.4 Å². The number of hydrogen-bond donors (Lipinski definition) is 6. The molecule has 1 aliphatic heterocycles. The Bertz CT molecular complexity index is 2340. The number of methoxy groups -OCH3 is 1. The molecule has 1 fully saturated rings. The van der Waals surface area contributed by atoms with Crippen LogP contribution < -0.4 is 21.3 Å². The maximum Gasteiger partial charge on any atom is 0.417 e. The van der Waals surface area contributed by atoms with Gasteiger partial charge in [0.2, 0.25) is 53.2 Å². The predicted octanol–water partition coefficient (Wildman–Crippen LogP) is 1.92. The topological polar surface area (TPSA) is 317 Å². The summed E-state index contributed by atoms with van der Waals surface area (Å²) in [6, 6.07) is -12.6. The van der Waals surface area contributed by atoms with Crippen molar-refractivity contribution < 1.29 is 72.4 Å². The molecule has 0 saturated carbocycles. The summed E-state index contributed by atoms with van der Waals surface area (Å²) in [4.78, 5) is 168. The zero-order valence-electron chi connectivity index (χ0n) is 57.3. The zero-order valence-corrected chi connectivity index (χ0v) is 57.3. The number of nitrogens with one attached hydrogen (secondary N) is 4. The van der Waals surface area contributed by atoms with E-state index in [1.54, 1.807) is 41.7 Å².